The number of halogens is 1. The second-order valence-corrected chi connectivity index (χ2v) is 4.28. The fourth-order valence-electron chi connectivity index (χ4n) is 1.49. The van der Waals surface area contributed by atoms with Crippen molar-refractivity contribution in [2.75, 3.05) is 0 Å². The van der Waals surface area contributed by atoms with Gasteiger partial charge in [-0.25, -0.2) is 4.39 Å². The third kappa shape index (κ3) is 2.61. The summed E-state index contributed by atoms with van der Waals surface area (Å²) in [5.74, 6) is 0.561. The van der Waals surface area contributed by atoms with Crippen LogP contribution < -0.4 is 0 Å². The Bertz CT molecular complexity index is 523. The van der Waals surface area contributed by atoms with Gasteiger partial charge in [-0.2, -0.15) is 4.98 Å². The molecule has 0 saturated heterocycles. The number of aromatic hydroxyl groups is 1. The highest BCUT2D eigenvalue weighted by Crippen LogP contribution is 2.28. The van der Waals surface area contributed by atoms with E-state index in [1.165, 1.54) is 18.2 Å². The average Bonchev–Trinajstić information content (AvgIpc) is 2.69. The molecule has 0 unspecified atom stereocenters. The summed E-state index contributed by atoms with van der Waals surface area (Å²) < 4.78 is 18.0. The Kier molecular flexibility index (Phi) is 3.08. The quantitative estimate of drug-likeness (QED) is 0.890. The molecule has 0 atom stereocenters. The molecular weight excluding hydrogens is 223 g/mol. The zero-order valence-electron chi connectivity index (χ0n) is 9.64. The van der Waals surface area contributed by atoms with Gasteiger partial charge < -0.3 is 9.63 Å². The number of phenolic OH excluding ortho intramolecular Hbond substituents is 1. The lowest BCUT2D eigenvalue weighted by molar-refractivity contribution is 0.413. The molecule has 2 aromatic rings. The largest absolute Gasteiger partial charge is 0.507 e. The third-order valence-corrected chi connectivity index (χ3v) is 2.25. The Balaban J connectivity index is 2.33. The van der Waals surface area contributed by atoms with Crippen molar-refractivity contribution in [2.24, 2.45) is 5.92 Å². The summed E-state index contributed by atoms with van der Waals surface area (Å²) in [5.41, 5.74) is 0.215. The van der Waals surface area contributed by atoms with Crippen molar-refractivity contribution in [3.05, 3.63) is 29.8 Å². The van der Waals surface area contributed by atoms with Crippen molar-refractivity contribution < 1.29 is 14.0 Å². The molecule has 0 radical (unpaired) electrons. The number of benzene rings is 1. The average molecular weight is 236 g/mol. The van der Waals surface area contributed by atoms with E-state index in [4.69, 9.17) is 4.52 Å². The van der Waals surface area contributed by atoms with Crippen molar-refractivity contribution >= 4 is 0 Å². The van der Waals surface area contributed by atoms with E-state index in [0.717, 1.165) is 0 Å². The molecule has 0 fully saturated rings. The molecular formula is C12H13FN2O2. The summed E-state index contributed by atoms with van der Waals surface area (Å²) in [6.07, 6.45) is 0.680. The van der Waals surface area contributed by atoms with Gasteiger partial charge in [0, 0.05) is 6.42 Å². The minimum absolute atomic E-state index is 0.0776. The van der Waals surface area contributed by atoms with Crippen LogP contribution >= 0.6 is 0 Å². The van der Waals surface area contributed by atoms with Gasteiger partial charge in [0.15, 0.2) is 5.82 Å². The number of hydrogen-bond acceptors (Lipinski definition) is 4. The molecule has 0 spiro atoms. The van der Waals surface area contributed by atoms with E-state index in [1.807, 2.05) is 13.8 Å². The molecule has 4 nitrogen and oxygen atoms in total. The number of hydrogen-bond donors (Lipinski definition) is 1. The minimum atomic E-state index is -0.457. The van der Waals surface area contributed by atoms with E-state index in [-0.39, 0.29) is 17.2 Å². The fourth-order valence-corrected chi connectivity index (χ4v) is 1.49. The van der Waals surface area contributed by atoms with E-state index >= 15 is 0 Å². The first-order valence-electron chi connectivity index (χ1n) is 5.37. The van der Waals surface area contributed by atoms with Crippen molar-refractivity contribution in [2.45, 2.75) is 20.3 Å². The van der Waals surface area contributed by atoms with Gasteiger partial charge in [-0.05, 0) is 24.1 Å². The molecule has 1 N–H and O–H groups in total. The van der Waals surface area contributed by atoms with E-state index in [1.54, 1.807) is 0 Å². The molecule has 90 valence electrons. The van der Waals surface area contributed by atoms with Gasteiger partial charge in [0.1, 0.15) is 11.6 Å². The first-order valence-corrected chi connectivity index (χ1v) is 5.37. The highest BCUT2D eigenvalue weighted by Gasteiger charge is 2.14. The van der Waals surface area contributed by atoms with E-state index in [9.17, 15) is 9.50 Å². The molecule has 1 aromatic heterocycles. The number of nitrogens with zero attached hydrogens (tertiary/aromatic N) is 2. The van der Waals surface area contributed by atoms with Gasteiger partial charge in [0.05, 0.1) is 5.56 Å². The van der Waals surface area contributed by atoms with Crippen LogP contribution in [0.5, 0.6) is 5.75 Å². The van der Waals surface area contributed by atoms with Gasteiger partial charge in [-0.1, -0.05) is 19.0 Å². The normalized spacial score (nSPS) is 11.1. The van der Waals surface area contributed by atoms with Gasteiger partial charge in [0.2, 0.25) is 0 Å². The summed E-state index contributed by atoms with van der Waals surface area (Å²) in [7, 11) is 0. The molecule has 0 aliphatic carbocycles. The van der Waals surface area contributed by atoms with Crippen LogP contribution in [-0.2, 0) is 6.42 Å². The maximum Gasteiger partial charge on any atom is 0.261 e. The molecule has 1 aromatic carbocycles. The number of phenols is 1. The Morgan fingerprint density at radius 3 is 2.88 bits per heavy atom. The molecule has 0 amide bonds. The highest BCUT2D eigenvalue weighted by atomic mass is 19.1. The van der Waals surface area contributed by atoms with Crippen LogP contribution in [0.2, 0.25) is 0 Å². The SMILES string of the molecule is CC(C)Cc1noc(-c2cc(F)ccc2O)n1. The lowest BCUT2D eigenvalue weighted by Crippen LogP contribution is -1.95. The zero-order chi connectivity index (χ0) is 12.4. The first-order chi connectivity index (χ1) is 8.06. The maximum absolute atomic E-state index is 13.0. The molecule has 0 saturated carbocycles. The maximum atomic E-state index is 13.0. The van der Waals surface area contributed by atoms with Crippen molar-refractivity contribution in [3.63, 3.8) is 0 Å². The van der Waals surface area contributed by atoms with Crippen LogP contribution in [0, 0.1) is 11.7 Å². The van der Waals surface area contributed by atoms with Crippen LogP contribution in [0.3, 0.4) is 0 Å². The summed E-state index contributed by atoms with van der Waals surface area (Å²) >= 11 is 0. The minimum Gasteiger partial charge on any atom is -0.507 e. The fraction of sp³-hybridized carbons (Fsp3) is 0.333. The van der Waals surface area contributed by atoms with Crippen molar-refractivity contribution in [3.8, 4) is 17.2 Å². The summed E-state index contributed by atoms with van der Waals surface area (Å²) in [4.78, 5) is 4.12. The summed E-state index contributed by atoms with van der Waals surface area (Å²) in [6.45, 7) is 4.07. The smallest absolute Gasteiger partial charge is 0.261 e. The second-order valence-electron chi connectivity index (χ2n) is 4.28. The standard InChI is InChI=1S/C12H13FN2O2/c1-7(2)5-11-14-12(17-15-11)9-6-8(13)3-4-10(9)16/h3-4,6-7,16H,5H2,1-2H3. The Labute approximate surface area is 98.1 Å². The number of rotatable bonds is 3. The molecule has 0 aliphatic heterocycles. The molecule has 0 bridgehead atoms. The van der Waals surface area contributed by atoms with Crippen LogP contribution in [-0.4, -0.2) is 15.2 Å². The van der Waals surface area contributed by atoms with E-state index in [2.05, 4.69) is 10.1 Å². The first kappa shape index (κ1) is 11.6. The highest BCUT2D eigenvalue weighted by molar-refractivity contribution is 5.61. The van der Waals surface area contributed by atoms with Gasteiger partial charge >= 0.3 is 0 Å². The van der Waals surface area contributed by atoms with Gasteiger partial charge in [-0.15, -0.1) is 0 Å². The Morgan fingerprint density at radius 2 is 2.18 bits per heavy atom. The van der Waals surface area contributed by atoms with E-state index < -0.39 is 5.82 Å². The topological polar surface area (TPSA) is 59.2 Å². The summed E-state index contributed by atoms with van der Waals surface area (Å²) in [6, 6.07) is 3.60. The lowest BCUT2D eigenvalue weighted by Gasteiger charge is -1.98. The lowest BCUT2D eigenvalue weighted by atomic mass is 10.1. The third-order valence-electron chi connectivity index (χ3n) is 2.25. The van der Waals surface area contributed by atoms with Gasteiger partial charge in [0.25, 0.3) is 5.89 Å². The van der Waals surface area contributed by atoms with Crippen molar-refractivity contribution in [1.82, 2.24) is 10.1 Å². The van der Waals surface area contributed by atoms with Crippen molar-refractivity contribution in [1.29, 1.82) is 0 Å². The van der Waals surface area contributed by atoms with Crippen LogP contribution in [0.15, 0.2) is 22.7 Å². The van der Waals surface area contributed by atoms with Crippen LogP contribution in [0.25, 0.3) is 11.5 Å². The zero-order valence-corrected chi connectivity index (χ0v) is 9.64. The number of aromatic nitrogens is 2. The van der Waals surface area contributed by atoms with E-state index in [0.29, 0.717) is 18.2 Å². The Morgan fingerprint density at radius 1 is 1.41 bits per heavy atom. The predicted octanol–water partition coefficient (Wildman–Crippen LogP) is 2.78. The molecule has 1 heterocycles. The second kappa shape index (κ2) is 4.53. The van der Waals surface area contributed by atoms with Crippen LogP contribution in [0.1, 0.15) is 19.7 Å². The monoisotopic (exact) mass is 236 g/mol. The molecule has 0 aliphatic rings. The molecule has 5 heteroatoms. The predicted molar refractivity (Wildman–Crippen MR) is 59.9 cm³/mol. The molecule has 17 heavy (non-hydrogen) atoms. The van der Waals surface area contributed by atoms with Gasteiger partial charge in [-0.3, -0.25) is 0 Å². The summed E-state index contributed by atoms with van der Waals surface area (Å²) in [5, 5.41) is 13.4. The van der Waals surface area contributed by atoms with Crippen LogP contribution in [0.4, 0.5) is 4.39 Å². The molecule has 2 rings (SSSR count). The Hall–Kier alpha value is -1.91.